The van der Waals surface area contributed by atoms with Gasteiger partial charge < -0.3 is 10.2 Å². The molecule has 0 aliphatic carbocycles. The van der Waals surface area contributed by atoms with Crippen LogP contribution in [0.25, 0.3) is 19.6 Å². The Balaban J connectivity index is 1.99. The standard InChI is InChI=1S/C16H10N2O3S2/c1-7-18-11-9-10(17)13(12(19)8-5-3-2-4-6-8)22-16(9)23-14(11)15(20)21-7/h2-6H,17H2,1H3. The maximum Gasteiger partial charge on any atom is 0.357 e. The van der Waals surface area contributed by atoms with Gasteiger partial charge in [-0.1, -0.05) is 30.3 Å². The number of aryl methyl sites for hydroxylation is 1. The molecule has 0 amide bonds. The third-order valence-electron chi connectivity index (χ3n) is 3.50. The SMILES string of the molecule is Cc1nc2c(sc3sc(C(=O)c4ccccc4)c(N)c32)c(=O)o1. The highest BCUT2D eigenvalue weighted by Gasteiger charge is 2.23. The zero-order valence-electron chi connectivity index (χ0n) is 12.0. The fourth-order valence-corrected chi connectivity index (χ4v) is 4.91. The quantitative estimate of drug-likeness (QED) is 0.563. The minimum absolute atomic E-state index is 0.121. The van der Waals surface area contributed by atoms with Crippen LogP contribution in [0.1, 0.15) is 21.1 Å². The fraction of sp³-hybridized carbons (Fsp3) is 0.0625. The van der Waals surface area contributed by atoms with Gasteiger partial charge in [0.1, 0.15) is 15.1 Å². The first-order valence-corrected chi connectivity index (χ1v) is 8.41. The lowest BCUT2D eigenvalue weighted by Crippen LogP contribution is -2.03. The minimum Gasteiger partial charge on any atom is -0.408 e. The average Bonchev–Trinajstić information content (AvgIpc) is 3.05. The summed E-state index contributed by atoms with van der Waals surface area (Å²) in [6.07, 6.45) is 0. The van der Waals surface area contributed by atoms with E-state index < -0.39 is 5.63 Å². The number of nitrogen functional groups attached to an aromatic ring is 1. The number of hydrogen-bond donors (Lipinski definition) is 1. The number of fused-ring (bicyclic) bond motifs is 3. The summed E-state index contributed by atoms with van der Waals surface area (Å²) in [6.45, 7) is 1.61. The minimum atomic E-state index is -0.420. The zero-order chi connectivity index (χ0) is 16.1. The predicted molar refractivity (Wildman–Crippen MR) is 92.6 cm³/mol. The van der Waals surface area contributed by atoms with E-state index in [0.29, 0.717) is 31.7 Å². The molecule has 3 heterocycles. The van der Waals surface area contributed by atoms with E-state index in [4.69, 9.17) is 10.2 Å². The number of anilines is 1. The van der Waals surface area contributed by atoms with Crippen LogP contribution in [0.4, 0.5) is 5.69 Å². The van der Waals surface area contributed by atoms with Crippen molar-refractivity contribution in [2.24, 2.45) is 0 Å². The molecule has 0 saturated carbocycles. The van der Waals surface area contributed by atoms with Crippen LogP contribution < -0.4 is 11.4 Å². The van der Waals surface area contributed by atoms with Gasteiger partial charge in [0.2, 0.25) is 5.78 Å². The number of aromatic nitrogens is 1. The predicted octanol–water partition coefficient (Wildman–Crippen LogP) is 3.59. The number of carbonyl (C=O) groups excluding carboxylic acids is 1. The lowest BCUT2D eigenvalue weighted by Gasteiger charge is -1.99. The monoisotopic (exact) mass is 342 g/mol. The first-order valence-electron chi connectivity index (χ1n) is 6.78. The van der Waals surface area contributed by atoms with Crippen LogP contribution in [-0.4, -0.2) is 10.8 Å². The smallest absolute Gasteiger partial charge is 0.357 e. The number of ketones is 1. The van der Waals surface area contributed by atoms with Crippen LogP contribution in [0.5, 0.6) is 0 Å². The molecule has 0 aliphatic rings. The summed E-state index contributed by atoms with van der Waals surface area (Å²) in [4.78, 5) is 29.3. The topological polar surface area (TPSA) is 86.2 Å². The summed E-state index contributed by atoms with van der Waals surface area (Å²) in [5.74, 6) is 0.160. The lowest BCUT2D eigenvalue weighted by atomic mass is 10.1. The summed E-state index contributed by atoms with van der Waals surface area (Å²) in [5.41, 5.74) is 7.27. The molecular weight excluding hydrogens is 332 g/mol. The van der Waals surface area contributed by atoms with Crippen molar-refractivity contribution in [1.82, 2.24) is 4.98 Å². The van der Waals surface area contributed by atoms with Crippen LogP contribution >= 0.6 is 22.7 Å². The molecule has 7 heteroatoms. The molecule has 0 radical (unpaired) electrons. The van der Waals surface area contributed by atoms with E-state index in [2.05, 4.69) is 4.98 Å². The molecule has 23 heavy (non-hydrogen) atoms. The molecule has 5 nitrogen and oxygen atoms in total. The Labute approximate surface area is 138 Å². The van der Waals surface area contributed by atoms with Crippen molar-refractivity contribution in [3.05, 3.63) is 57.1 Å². The Morgan fingerprint density at radius 1 is 1.22 bits per heavy atom. The van der Waals surface area contributed by atoms with Crippen molar-refractivity contribution >= 4 is 53.8 Å². The Bertz CT molecular complexity index is 1120. The summed E-state index contributed by atoms with van der Waals surface area (Å²) in [6, 6.07) is 8.98. The maximum atomic E-state index is 12.6. The van der Waals surface area contributed by atoms with Gasteiger partial charge in [0, 0.05) is 12.5 Å². The van der Waals surface area contributed by atoms with Crippen molar-refractivity contribution in [3.63, 3.8) is 0 Å². The molecule has 2 N–H and O–H groups in total. The third-order valence-corrected chi connectivity index (χ3v) is 5.95. The Morgan fingerprint density at radius 2 is 1.96 bits per heavy atom. The van der Waals surface area contributed by atoms with Gasteiger partial charge in [-0.15, -0.1) is 22.7 Å². The number of nitrogens with two attached hydrogens (primary N) is 1. The second kappa shape index (κ2) is 5.00. The Hall–Kier alpha value is -2.51. The second-order valence-electron chi connectivity index (χ2n) is 5.00. The van der Waals surface area contributed by atoms with Crippen molar-refractivity contribution < 1.29 is 9.21 Å². The molecule has 3 aromatic heterocycles. The summed E-state index contributed by atoms with van der Waals surface area (Å²) in [7, 11) is 0. The van der Waals surface area contributed by atoms with Gasteiger partial charge in [-0.3, -0.25) is 4.79 Å². The summed E-state index contributed by atoms with van der Waals surface area (Å²) in [5, 5.41) is 0.672. The number of rotatable bonds is 2. The maximum absolute atomic E-state index is 12.6. The highest BCUT2D eigenvalue weighted by molar-refractivity contribution is 7.42. The van der Waals surface area contributed by atoms with Gasteiger partial charge in [-0.05, 0) is 0 Å². The van der Waals surface area contributed by atoms with Crippen molar-refractivity contribution in [1.29, 1.82) is 0 Å². The number of benzene rings is 1. The normalized spacial score (nSPS) is 11.3. The van der Waals surface area contributed by atoms with Gasteiger partial charge in [-0.2, -0.15) is 0 Å². The molecule has 1 aromatic carbocycles. The number of carbonyl (C=O) groups is 1. The Morgan fingerprint density at radius 3 is 2.70 bits per heavy atom. The molecule has 0 unspecified atom stereocenters. The first-order chi connectivity index (χ1) is 11.1. The molecule has 4 rings (SSSR count). The molecule has 0 spiro atoms. The molecule has 4 aromatic rings. The number of hydrogen-bond acceptors (Lipinski definition) is 7. The number of thiophene rings is 2. The first kappa shape index (κ1) is 14.1. The third kappa shape index (κ3) is 2.08. The molecule has 0 bridgehead atoms. The van der Waals surface area contributed by atoms with Crippen LogP contribution in [0.15, 0.2) is 39.5 Å². The van der Waals surface area contributed by atoms with E-state index in [1.165, 1.54) is 22.7 Å². The van der Waals surface area contributed by atoms with E-state index in [9.17, 15) is 9.59 Å². The van der Waals surface area contributed by atoms with E-state index in [1.807, 2.05) is 18.2 Å². The van der Waals surface area contributed by atoms with E-state index in [-0.39, 0.29) is 11.7 Å². The second-order valence-corrected chi connectivity index (χ2v) is 7.30. The van der Waals surface area contributed by atoms with E-state index >= 15 is 0 Å². The molecule has 0 saturated heterocycles. The van der Waals surface area contributed by atoms with Crippen LogP contribution in [-0.2, 0) is 0 Å². The fourth-order valence-electron chi connectivity index (χ4n) is 2.47. The van der Waals surface area contributed by atoms with Gasteiger partial charge in [-0.25, -0.2) is 9.78 Å². The number of nitrogens with zero attached hydrogens (tertiary/aromatic N) is 1. The van der Waals surface area contributed by atoms with Gasteiger partial charge >= 0.3 is 5.63 Å². The van der Waals surface area contributed by atoms with Gasteiger partial charge in [0.25, 0.3) is 0 Å². The highest BCUT2D eigenvalue weighted by Crippen LogP contribution is 2.43. The van der Waals surface area contributed by atoms with Crippen molar-refractivity contribution in [2.45, 2.75) is 6.92 Å². The molecule has 114 valence electrons. The van der Waals surface area contributed by atoms with Crippen LogP contribution in [0.2, 0.25) is 0 Å². The summed E-state index contributed by atoms with van der Waals surface area (Å²) < 4.78 is 6.26. The molecular formula is C16H10N2O3S2. The van der Waals surface area contributed by atoms with Crippen LogP contribution in [0.3, 0.4) is 0 Å². The van der Waals surface area contributed by atoms with E-state index in [1.54, 1.807) is 19.1 Å². The molecule has 0 aliphatic heterocycles. The highest BCUT2D eigenvalue weighted by atomic mass is 32.2. The molecule has 0 fully saturated rings. The van der Waals surface area contributed by atoms with E-state index in [0.717, 1.165) is 4.01 Å². The lowest BCUT2D eigenvalue weighted by molar-refractivity contribution is 0.104. The zero-order valence-corrected chi connectivity index (χ0v) is 13.6. The van der Waals surface area contributed by atoms with Crippen molar-refractivity contribution in [2.75, 3.05) is 5.73 Å². The average molecular weight is 342 g/mol. The van der Waals surface area contributed by atoms with Gasteiger partial charge in [0.15, 0.2) is 5.89 Å². The van der Waals surface area contributed by atoms with Crippen LogP contribution in [0, 0.1) is 6.92 Å². The van der Waals surface area contributed by atoms with Crippen molar-refractivity contribution in [3.8, 4) is 0 Å². The Kier molecular flexibility index (Phi) is 3.07. The van der Waals surface area contributed by atoms with Gasteiger partial charge in [0.05, 0.1) is 15.1 Å². The summed E-state index contributed by atoms with van der Waals surface area (Å²) >= 11 is 2.55. The molecule has 0 atom stereocenters. The largest absolute Gasteiger partial charge is 0.408 e.